The van der Waals surface area contributed by atoms with Gasteiger partial charge in [-0.05, 0) is 89.0 Å². The fraction of sp³-hybridized carbons (Fsp3) is 0.254. The van der Waals surface area contributed by atoms with Crippen LogP contribution in [0.1, 0.15) is 89.5 Å². The van der Waals surface area contributed by atoms with Crippen molar-refractivity contribution < 1.29 is 9.13 Å². The van der Waals surface area contributed by atoms with Gasteiger partial charge in [0, 0.05) is 138 Å². The Morgan fingerprint density at radius 3 is 1.06 bits per heavy atom. The van der Waals surface area contributed by atoms with Crippen LogP contribution in [0.25, 0.3) is 0 Å². The molecule has 6 heterocycles. The minimum absolute atomic E-state index is 0.737. The minimum atomic E-state index is 0.737. The molecule has 0 spiro atoms. The molecule has 77 heavy (non-hydrogen) atoms. The molecule has 2 aromatic heterocycles. The first-order chi connectivity index (χ1) is 37.4. The molecule has 0 radical (unpaired) electrons. The van der Waals surface area contributed by atoms with Crippen molar-refractivity contribution in [1.82, 2.24) is 0 Å². The highest BCUT2D eigenvalue weighted by molar-refractivity contribution is 6.09. The number of anilines is 4. The number of pyridine rings is 2. The van der Waals surface area contributed by atoms with Crippen LogP contribution in [0, 0.1) is 41.5 Å². The zero-order valence-corrected chi connectivity index (χ0v) is 45.8. The summed E-state index contributed by atoms with van der Waals surface area (Å²) in [6.45, 7) is 16.8. The Labute approximate surface area is 454 Å². The molecule has 0 bridgehead atoms. The van der Waals surface area contributed by atoms with Gasteiger partial charge in [0.1, 0.15) is 23.3 Å². The molecule has 0 saturated carbocycles. The van der Waals surface area contributed by atoms with E-state index in [1.54, 1.807) is 0 Å². The molecule has 0 saturated heterocycles. The zero-order valence-electron chi connectivity index (χ0n) is 45.8. The highest BCUT2D eigenvalue weighted by atomic mass is 15.4. The van der Waals surface area contributed by atoms with E-state index in [0.717, 1.165) is 81.6 Å². The SMILES string of the molecule is Cc1c(Cc2cc(C)[n+](Cc3ccc(CN4/C(=N/N=C5/Cc6ccccc6N5C)Cc5ccccc54)cc3)c(C)c2C)cc(C)[n+](Cc2ccc(CN3/C(=N\N=C4\Cc5ccccc5N4C)Cc4ccccc43)cc2)c1C. The molecule has 8 aromatic rings. The largest absolute Gasteiger partial charge is 0.331 e. The Balaban J connectivity index is 0.704. The summed E-state index contributed by atoms with van der Waals surface area (Å²) in [5.41, 5.74) is 25.7. The third-order valence-corrected chi connectivity index (χ3v) is 16.9. The number of fused-ring (bicyclic) bond motifs is 4. The van der Waals surface area contributed by atoms with Crippen LogP contribution in [0.3, 0.4) is 0 Å². The lowest BCUT2D eigenvalue weighted by Gasteiger charge is -2.20. The van der Waals surface area contributed by atoms with E-state index in [4.69, 9.17) is 20.4 Å². The van der Waals surface area contributed by atoms with Gasteiger partial charge in [0.2, 0.25) is 0 Å². The molecule has 4 aliphatic rings. The molecule has 10 heteroatoms. The summed E-state index contributed by atoms with van der Waals surface area (Å²) in [5, 5.41) is 19.5. The van der Waals surface area contributed by atoms with Crippen LogP contribution in [0.5, 0.6) is 0 Å². The summed E-state index contributed by atoms with van der Waals surface area (Å²) in [5.74, 6) is 3.91. The third kappa shape index (κ3) is 9.62. The molecule has 0 N–H and O–H groups in total. The first-order valence-corrected chi connectivity index (χ1v) is 27.2. The lowest BCUT2D eigenvalue weighted by molar-refractivity contribution is -0.700. The molecule has 0 atom stereocenters. The van der Waals surface area contributed by atoms with E-state index in [0.29, 0.717) is 0 Å². The van der Waals surface area contributed by atoms with E-state index in [1.165, 1.54) is 112 Å². The van der Waals surface area contributed by atoms with Gasteiger partial charge < -0.3 is 19.6 Å². The summed E-state index contributed by atoms with van der Waals surface area (Å²) in [6, 6.07) is 57.5. The minimum Gasteiger partial charge on any atom is -0.331 e. The number of para-hydroxylation sites is 4. The van der Waals surface area contributed by atoms with Gasteiger partial charge in [0.05, 0.1) is 0 Å². The number of aryl methyl sites for hydroxylation is 2. The Bertz CT molecular complexity index is 3490. The van der Waals surface area contributed by atoms with E-state index >= 15 is 0 Å². The van der Waals surface area contributed by atoms with Crippen LogP contribution < -0.4 is 28.7 Å². The van der Waals surface area contributed by atoms with Gasteiger partial charge in [-0.25, -0.2) is 0 Å². The van der Waals surface area contributed by atoms with Crippen LogP contribution in [-0.4, -0.2) is 37.4 Å². The molecule has 10 nitrogen and oxygen atoms in total. The van der Waals surface area contributed by atoms with E-state index in [-0.39, 0.29) is 0 Å². The van der Waals surface area contributed by atoms with Crippen molar-refractivity contribution in [2.24, 2.45) is 20.4 Å². The number of aromatic nitrogens is 2. The summed E-state index contributed by atoms with van der Waals surface area (Å²) >= 11 is 0. The average molecular weight is 1010 g/mol. The Kier molecular flexibility index (Phi) is 13.2. The second-order valence-electron chi connectivity index (χ2n) is 21.6. The van der Waals surface area contributed by atoms with E-state index in [2.05, 4.69) is 242 Å². The Morgan fingerprint density at radius 2 is 0.688 bits per heavy atom. The van der Waals surface area contributed by atoms with Gasteiger partial charge in [-0.15, -0.1) is 20.4 Å². The lowest BCUT2D eigenvalue weighted by atomic mass is 9.95. The number of nitrogens with zero attached hydrogens (tertiary/aromatic N) is 10. The van der Waals surface area contributed by atoms with Gasteiger partial charge in [0.25, 0.3) is 0 Å². The molecule has 6 aromatic carbocycles. The van der Waals surface area contributed by atoms with Crippen molar-refractivity contribution in [1.29, 1.82) is 0 Å². The quantitative estimate of drug-likeness (QED) is 0.0903. The number of hydrogen-bond donors (Lipinski definition) is 0. The molecular weight excluding hydrogens is 945 g/mol. The van der Waals surface area contributed by atoms with Crippen molar-refractivity contribution in [3.63, 3.8) is 0 Å². The molecule has 0 fully saturated rings. The standard InChI is InChI=1S/C67H68N10/c1-44-33-58(46(3)48(5)74(44)40-50-25-29-52(30-26-50)42-76-62-23-15-11-19-56(62)38-66(76)70-68-64-36-54-17-9-13-21-60(54)72(64)7)35-59-34-45(2)75(49(6)47(59)4)41-51-27-31-53(32-28-51)43-77-63-24-16-12-20-57(63)39-67(77)71-69-65-37-55-18-10-14-22-61(55)73(65)8/h9-34H,35-43H2,1-8H3/q+2/b68-64-,69-65-,70-66-,71-67+. The number of amidine groups is 4. The van der Waals surface area contributed by atoms with Crippen molar-refractivity contribution >= 4 is 46.1 Å². The summed E-state index contributed by atoms with van der Waals surface area (Å²) in [4.78, 5) is 9.00. The van der Waals surface area contributed by atoms with Gasteiger partial charge in [-0.1, -0.05) is 121 Å². The summed E-state index contributed by atoms with van der Waals surface area (Å²) in [6.07, 6.45) is 4.03. The number of benzene rings is 6. The topological polar surface area (TPSA) is 70.2 Å². The van der Waals surface area contributed by atoms with Crippen molar-refractivity contribution in [2.45, 2.75) is 99.8 Å². The lowest BCUT2D eigenvalue weighted by Crippen LogP contribution is -2.42. The Morgan fingerprint density at radius 1 is 0.377 bits per heavy atom. The van der Waals surface area contributed by atoms with Crippen LogP contribution in [-0.2, 0) is 58.3 Å². The summed E-state index contributed by atoms with van der Waals surface area (Å²) < 4.78 is 4.95. The fourth-order valence-corrected chi connectivity index (χ4v) is 12.0. The van der Waals surface area contributed by atoms with E-state index in [1.807, 2.05) is 0 Å². The van der Waals surface area contributed by atoms with Gasteiger partial charge >= 0.3 is 0 Å². The maximum absolute atomic E-state index is 4.91. The first kappa shape index (κ1) is 49.4. The van der Waals surface area contributed by atoms with Crippen molar-refractivity contribution in [3.05, 3.63) is 247 Å². The van der Waals surface area contributed by atoms with Crippen molar-refractivity contribution in [2.75, 3.05) is 33.7 Å². The normalized spacial score (nSPS) is 16.6. The summed E-state index contributed by atoms with van der Waals surface area (Å²) in [7, 11) is 4.17. The molecule has 0 unspecified atom stereocenters. The molecular formula is C67H68N10+2. The van der Waals surface area contributed by atoms with E-state index in [9.17, 15) is 0 Å². The fourth-order valence-electron chi connectivity index (χ4n) is 12.0. The van der Waals surface area contributed by atoms with Gasteiger partial charge in [0.15, 0.2) is 35.9 Å². The molecule has 4 aliphatic heterocycles. The van der Waals surface area contributed by atoms with Crippen LogP contribution in [0.2, 0.25) is 0 Å². The predicted molar refractivity (Wildman–Crippen MR) is 315 cm³/mol. The smallest absolute Gasteiger partial charge is 0.181 e. The maximum atomic E-state index is 4.91. The second-order valence-corrected chi connectivity index (χ2v) is 21.6. The predicted octanol–water partition coefficient (Wildman–Crippen LogP) is 11.7. The van der Waals surface area contributed by atoms with Gasteiger partial charge in [-0.2, -0.15) is 9.13 Å². The average Bonchev–Trinajstić information content (AvgIpc) is 4.21. The first-order valence-electron chi connectivity index (χ1n) is 27.2. The van der Waals surface area contributed by atoms with Crippen LogP contribution >= 0.6 is 0 Å². The molecule has 0 aliphatic carbocycles. The number of rotatable bonds is 12. The second kappa shape index (κ2) is 20.6. The Hall–Kier alpha value is -8.50. The van der Waals surface area contributed by atoms with E-state index < -0.39 is 0 Å². The van der Waals surface area contributed by atoms with Crippen LogP contribution in [0.15, 0.2) is 178 Å². The third-order valence-electron chi connectivity index (χ3n) is 16.9. The van der Waals surface area contributed by atoms with Crippen LogP contribution in [0.4, 0.5) is 22.7 Å². The molecule has 0 amide bonds. The monoisotopic (exact) mass is 1010 g/mol. The zero-order chi connectivity index (χ0) is 52.9. The number of likely N-dealkylation sites (N-methyl/N-ethyl adjacent to an activating group) is 2. The van der Waals surface area contributed by atoms with Crippen molar-refractivity contribution in [3.8, 4) is 0 Å². The van der Waals surface area contributed by atoms with Gasteiger partial charge in [-0.3, -0.25) is 0 Å². The highest BCUT2D eigenvalue weighted by Gasteiger charge is 2.30. The highest BCUT2D eigenvalue weighted by Crippen LogP contribution is 2.34. The molecule has 12 rings (SSSR count). The number of hydrogen-bond acceptors (Lipinski definition) is 4. The maximum Gasteiger partial charge on any atom is 0.181 e. The molecule has 384 valence electrons.